The molecule has 1 N–H and O–H groups in total. The van der Waals surface area contributed by atoms with Crippen LogP contribution in [-0.4, -0.2) is 20.5 Å². The van der Waals surface area contributed by atoms with Crippen molar-refractivity contribution in [3.05, 3.63) is 58.0 Å². The molecule has 2 aromatic heterocycles. The van der Waals surface area contributed by atoms with Crippen LogP contribution in [0.25, 0.3) is 16.6 Å². The van der Waals surface area contributed by atoms with Gasteiger partial charge in [0.1, 0.15) is 5.65 Å². The van der Waals surface area contributed by atoms with Crippen molar-refractivity contribution >= 4 is 22.5 Å². The van der Waals surface area contributed by atoms with Gasteiger partial charge in [-0.2, -0.15) is 0 Å². The molecule has 3 rings (SSSR count). The van der Waals surface area contributed by atoms with Crippen LogP contribution in [0.5, 0.6) is 0 Å². The fourth-order valence-corrected chi connectivity index (χ4v) is 2.51. The molecule has 0 fully saturated rings. The van der Waals surface area contributed by atoms with Gasteiger partial charge in [-0.1, -0.05) is 19.4 Å². The van der Waals surface area contributed by atoms with E-state index >= 15 is 0 Å². The maximum atomic E-state index is 12.6. The first-order valence-corrected chi connectivity index (χ1v) is 7.28. The highest BCUT2D eigenvalue weighted by atomic mass is 16.4. The molecule has 0 unspecified atom stereocenters. The van der Waals surface area contributed by atoms with Gasteiger partial charge >= 0.3 is 5.97 Å². The second kappa shape index (κ2) is 5.60. The summed E-state index contributed by atoms with van der Waals surface area (Å²) < 4.78 is 1.30. The summed E-state index contributed by atoms with van der Waals surface area (Å²) >= 11 is 0. The molecule has 5 nitrogen and oxygen atoms in total. The molecule has 0 aliphatic carbocycles. The summed E-state index contributed by atoms with van der Waals surface area (Å²) in [6.45, 7) is 2.12. The maximum absolute atomic E-state index is 12.6. The predicted molar refractivity (Wildman–Crippen MR) is 84.5 cm³/mol. The van der Waals surface area contributed by atoms with Crippen LogP contribution in [0.3, 0.4) is 0 Å². The van der Waals surface area contributed by atoms with Gasteiger partial charge < -0.3 is 5.11 Å². The summed E-state index contributed by atoms with van der Waals surface area (Å²) in [6.07, 6.45) is 4.40. The summed E-state index contributed by atoms with van der Waals surface area (Å²) in [4.78, 5) is 28.1. The summed E-state index contributed by atoms with van der Waals surface area (Å²) in [5.41, 5.74) is 2.01. The molecule has 0 aliphatic rings. The van der Waals surface area contributed by atoms with E-state index in [1.807, 2.05) is 18.2 Å². The lowest BCUT2D eigenvalue weighted by molar-refractivity contribution is 0.0696. The lowest BCUT2D eigenvalue weighted by Gasteiger charge is -2.06. The number of aryl methyl sites for hydroxylation is 1. The first-order valence-electron chi connectivity index (χ1n) is 7.28. The van der Waals surface area contributed by atoms with Crippen LogP contribution in [0, 0.1) is 0 Å². The monoisotopic (exact) mass is 296 g/mol. The zero-order valence-electron chi connectivity index (χ0n) is 12.2. The van der Waals surface area contributed by atoms with E-state index in [0.29, 0.717) is 16.6 Å². The smallest absolute Gasteiger partial charge is 0.337 e. The van der Waals surface area contributed by atoms with Crippen molar-refractivity contribution in [2.75, 3.05) is 0 Å². The zero-order chi connectivity index (χ0) is 15.7. The van der Waals surface area contributed by atoms with Crippen molar-refractivity contribution in [2.45, 2.75) is 26.2 Å². The van der Waals surface area contributed by atoms with Crippen LogP contribution in [-0.2, 0) is 6.42 Å². The number of nitrogens with zero attached hydrogens (tertiary/aromatic N) is 2. The molecule has 0 amide bonds. The number of unbranched alkanes of at least 4 members (excludes halogenated alkanes) is 1. The molecule has 2 heterocycles. The number of carboxylic acids is 1. The highest BCUT2D eigenvalue weighted by molar-refractivity contribution is 5.88. The zero-order valence-corrected chi connectivity index (χ0v) is 12.2. The summed E-state index contributed by atoms with van der Waals surface area (Å²) in [5, 5.41) is 9.58. The number of hydrogen-bond acceptors (Lipinski definition) is 3. The second-order valence-corrected chi connectivity index (χ2v) is 5.32. The van der Waals surface area contributed by atoms with Gasteiger partial charge in [-0.05, 0) is 42.7 Å². The molecule has 0 bridgehead atoms. The number of carboxylic acid groups (broad SMARTS) is 1. The molecule has 0 spiro atoms. The topological polar surface area (TPSA) is 71.7 Å². The number of pyridine rings is 1. The third kappa shape index (κ3) is 2.45. The number of hydrogen-bond donors (Lipinski definition) is 1. The van der Waals surface area contributed by atoms with Gasteiger partial charge in [0.2, 0.25) is 0 Å². The molecule has 112 valence electrons. The Morgan fingerprint density at radius 1 is 1.27 bits per heavy atom. The Balaban J connectivity index is 2.24. The average molecular weight is 296 g/mol. The first-order chi connectivity index (χ1) is 10.6. The minimum atomic E-state index is -1.06. The lowest BCUT2D eigenvalue weighted by atomic mass is 10.1. The van der Waals surface area contributed by atoms with E-state index in [1.54, 1.807) is 6.07 Å². The van der Waals surface area contributed by atoms with Crippen LogP contribution >= 0.6 is 0 Å². The molecule has 0 saturated carbocycles. The van der Waals surface area contributed by atoms with Crippen molar-refractivity contribution < 1.29 is 9.90 Å². The SMILES string of the molecule is CCCCc1ccc2nc3ccc(C(=O)O)cn3c(=O)c2c1. The number of carbonyl (C=O) groups is 1. The fraction of sp³-hybridized carbons (Fsp3) is 0.235. The normalized spacial score (nSPS) is 11.1. The summed E-state index contributed by atoms with van der Waals surface area (Å²) in [5.74, 6) is -1.06. The highest BCUT2D eigenvalue weighted by Gasteiger charge is 2.09. The van der Waals surface area contributed by atoms with E-state index < -0.39 is 5.97 Å². The second-order valence-electron chi connectivity index (χ2n) is 5.32. The quantitative estimate of drug-likeness (QED) is 0.751. The largest absolute Gasteiger partial charge is 0.478 e. The summed E-state index contributed by atoms with van der Waals surface area (Å²) in [6, 6.07) is 8.71. The van der Waals surface area contributed by atoms with E-state index in [4.69, 9.17) is 5.11 Å². The molecule has 0 saturated heterocycles. The van der Waals surface area contributed by atoms with Crippen LogP contribution in [0.4, 0.5) is 0 Å². The third-order valence-electron chi connectivity index (χ3n) is 3.74. The van der Waals surface area contributed by atoms with Crippen molar-refractivity contribution in [1.82, 2.24) is 9.38 Å². The van der Waals surface area contributed by atoms with E-state index in [-0.39, 0.29) is 11.1 Å². The van der Waals surface area contributed by atoms with Gasteiger partial charge in [-0.15, -0.1) is 0 Å². The van der Waals surface area contributed by atoms with Crippen LogP contribution < -0.4 is 5.56 Å². The van der Waals surface area contributed by atoms with Gasteiger partial charge in [0.25, 0.3) is 5.56 Å². The Morgan fingerprint density at radius 3 is 2.82 bits per heavy atom. The Kier molecular flexibility index (Phi) is 3.63. The molecular formula is C17H16N2O3. The van der Waals surface area contributed by atoms with Gasteiger partial charge in [-0.3, -0.25) is 9.20 Å². The molecule has 0 atom stereocenters. The van der Waals surface area contributed by atoms with Crippen LogP contribution in [0.1, 0.15) is 35.7 Å². The standard InChI is InChI=1S/C17H16N2O3/c1-2-3-4-11-5-7-14-13(9-11)16(20)19-10-12(17(21)22)6-8-15(19)18-14/h5-10H,2-4H2,1H3,(H,21,22). The van der Waals surface area contributed by atoms with Gasteiger partial charge in [0.05, 0.1) is 16.5 Å². The number of benzene rings is 1. The van der Waals surface area contributed by atoms with Crippen LogP contribution in [0.2, 0.25) is 0 Å². The highest BCUT2D eigenvalue weighted by Crippen LogP contribution is 2.14. The van der Waals surface area contributed by atoms with E-state index in [0.717, 1.165) is 24.8 Å². The molecule has 0 radical (unpaired) electrons. The first kappa shape index (κ1) is 14.3. The van der Waals surface area contributed by atoms with Crippen molar-refractivity contribution in [3.63, 3.8) is 0 Å². The Bertz CT molecular complexity index is 928. The third-order valence-corrected chi connectivity index (χ3v) is 3.74. The number of fused-ring (bicyclic) bond motifs is 2. The van der Waals surface area contributed by atoms with Crippen molar-refractivity contribution in [3.8, 4) is 0 Å². The maximum Gasteiger partial charge on any atom is 0.337 e. The average Bonchev–Trinajstić information content (AvgIpc) is 2.53. The predicted octanol–water partition coefficient (Wildman–Crippen LogP) is 2.89. The lowest BCUT2D eigenvalue weighted by Crippen LogP contribution is -2.16. The summed E-state index contributed by atoms with van der Waals surface area (Å²) in [7, 11) is 0. The molecule has 5 heteroatoms. The van der Waals surface area contributed by atoms with Gasteiger partial charge in [0.15, 0.2) is 0 Å². The Morgan fingerprint density at radius 2 is 2.09 bits per heavy atom. The fourth-order valence-electron chi connectivity index (χ4n) is 2.51. The minimum Gasteiger partial charge on any atom is -0.478 e. The number of aromatic carboxylic acids is 1. The van der Waals surface area contributed by atoms with Crippen molar-refractivity contribution in [1.29, 1.82) is 0 Å². The molecular weight excluding hydrogens is 280 g/mol. The van der Waals surface area contributed by atoms with E-state index in [9.17, 15) is 9.59 Å². The van der Waals surface area contributed by atoms with E-state index in [1.165, 1.54) is 16.7 Å². The van der Waals surface area contributed by atoms with Crippen molar-refractivity contribution in [2.24, 2.45) is 0 Å². The minimum absolute atomic E-state index is 0.0675. The van der Waals surface area contributed by atoms with Gasteiger partial charge in [-0.25, -0.2) is 9.78 Å². The Hall–Kier alpha value is -2.69. The molecule has 22 heavy (non-hydrogen) atoms. The van der Waals surface area contributed by atoms with E-state index in [2.05, 4.69) is 11.9 Å². The molecule has 3 aromatic rings. The Labute approximate surface area is 126 Å². The number of aromatic nitrogens is 2. The van der Waals surface area contributed by atoms with Gasteiger partial charge in [0, 0.05) is 6.20 Å². The molecule has 0 aliphatic heterocycles. The van der Waals surface area contributed by atoms with Crippen LogP contribution in [0.15, 0.2) is 41.3 Å². The molecule has 1 aromatic carbocycles. The number of rotatable bonds is 4.